The van der Waals surface area contributed by atoms with E-state index in [1.807, 2.05) is 30.0 Å². The number of carbonyl (C=O) groups is 2. The third kappa shape index (κ3) is 4.55. The van der Waals surface area contributed by atoms with E-state index in [1.165, 1.54) is 24.6 Å². The van der Waals surface area contributed by atoms with Crippen molar-refractivity contribution in [3.05, 3.63) is 35.7 Å². The lowest BCUT2D eigenvalue weighted by Crippen LogP contribution is -2.30. The Morgan fingerprint density at radius 3 is 2.66 bits per heavy atom. The highest BCUT2D eigenvalue weighted by molar-refractivity contribution is 7.22. The average molecular weight is 493 g/mol. The zero-order valence-electron chi connectivity index (χ0n) is 19.7. The fourth-order valence-electron chi connectivity index (χ4n) is 5.22. The third-order valence-electron chi connectivity index (χ3n) is 6.83. The molecule has 2 atom stereocenters. The van der Waals surface area contributed by atoms with Gasteiger partial charge in [-0.15, -0.1) is 0 Å². The van der Waals surface area contributed by atoms with E-state index >= 15 is 0 Å². The van der Waals surface area contributed by atoms with Gasteiger partial charge in [-0.05, 0) is 36.8 Å². The van der Waals surface area contributed by atoms with E-state index in [9.17, 15) is 9.59 Å². The largest absolute Gasteiger partial charge is 0.383 e. The lowest BCUT2D eigenvalue weighted by molar-refractivity contribution is -0.130. The summed E-state index contributed by atoms with van der Waals surface area (Å²) in [7, 11) is 0. The molecule has 2 unspecified atom stereocenters. The first-order chi connectivity index (χ1) is 16.8. The number of rotatable bonds is 6. The molecule has 2 aliphatic rings. The second-order valence-electron chi connectivity index (χ2n) is 9.23. The van der Waals surface area contributed by atoms with Crippen LogP contribution in [-0.4, -0.2) is 56.5 Å². The average Bonchev–Trinajstić information content (AvgIpc) is 3.50. The number of thiazole rings is 1. The first kappa shape index (κ1) is 23.2. The number of nitrogens with one attached hydrogen (secondary N) is 3. The molecule has 5 N–H and O–H groups in total. The van der Waals surface area contributed by atoms with Crippen molar-refractivity contribution in [3.63, 3.8) is 0 Å². The molecular weight excluding hydrogens is 464 g/mol. The Morgan fingerprint density at radius 2 is 1.97 bits per heavy atom. The van der Waals surface area contributed by atoms with Gasteiger partial charge in [-0.25, -0.2) is 15.0 Å². The zero-order valence-corrected chi connectivity index (χ0v) is 20.5. The van der Waals surface area contributed by atoms with Gasteiger partial charge in [0, 0.05) is 38.0 Å². The maximum absolute atomic E-state index is 12.1. The number of nitrogens with zero attached hydrogens (tertiary/aromatic N) is 4. The fraction of sp³-hybridized carbons (Fsp3) is 0.417. The number of aromatic nitrogens is 3. The molecule has 35 heavy (non-hydrogen) atoms. The zero-order chi connectivity index (χ0) is 24.7. The van der Waals surface area contributed by atoms with Crippen molar-refractivity contribution in [2.45, 2.75) is 39.2 Å². The molecule has 11 heteroatoms. The van der Waals surface area contributed by atoms with Crippen LogP contribution in [0.3, 0.4) is 0 Å². The maximum Gasteiger partial charge on any atom is 0.223 e. The number of amides is 2. The van der Waals surface area contributed by atoms with Gasteiger partial charge in [0.1, 0.15) is 18.0 Å². The number of hydrogen-bond acceptors (Lipinski definition) is 9. The molecule has 0 spiro atoms. The van der Waals surface area contributed by atoms with E-state index in [0.29, 0.717) is 40.3 Å². The minimum atomic E-state index is -0.178. The maximum atomic E-state index is 12.1. The number of benzene rings is 1. The second-order valence-corrected chi connectivity index (χ2v) is 10.3. The van der Waals surface area contributed by atoms with Gasteiger partial charge in [-0.3, -0.25) is 15.0 Å². The van der Waals surface area contributed by atoms with Crippen molar-refractivity contribution in [1.29, 1.82) is 5.41 Å². The highest BCUT2D eigenvalue weighted by Gasteiger charge is 2.42. The van der Waals surface area contributed by atoms with Gasteiger partial charge in [-0.2, -0.15) is 0 Å². The van der Waals surface area contributed by atoms with Crippen molar-refractivity contribution < 1.29 is 9.59 Å². The van der Waals surface area contributed by atoms with Crippen molar-refractivity contribution in [3.8, 4) is 0 Å². The summed E-state index contributed by atoms with van der Waals surface area (Å²) in [6.07, 6.45) is 3.87. The number of nitrogens with two attached hydrogens (primary N) is 1. The smallest absolute Gasteiger partial charge is 0.223 e. The molecule has 1 saturated carbocycles. The second kappa shape index (κ2) is 9.21. The van der Waals surface area contributed by atoms with E-state index < -0.39 is 0 Å². The van der Waals surface area contributed by atoms with E-state index in [2.05, 4.69) is 25.6 Å². The SMILES string of the molecule is CCC(=O)N1CC2CC(Nc3ncnc(N)c3C(=N)c3ccc4nc(NC(C)=O)sc4c3)CC2C1. The highest BCUT2D eigenvalue weighted by atomic mass is 32.1. The number of nitrogen functional groups attached to an aromatic ring is 1. The van der Waals surface area contributed by atoms with Gasteiger partial charge in [0.25, 0.3) is 0 Å². The van der Waals surface area contributed by atoms with E-state index in [-0.39, 0.29) is 29.4 Å². The number of anilines is 3. The van der Waals surface area contributed by atoms with Crippen LogP contribution < -0.4 is 16.4 Å². The van der Waals surface area contributed by atoms with Crippen molar-refractivity contribution >= 4 is 55.8 Å². The van der Waals surface area contributed by atoms with Gasteiger partial charge >= 0.3 is 0 Å². The normalized spacial score (nSPS) is 21.2. The number of fused-ring (bicyclic) bond motifs is 2. The molecule has 182 valence electrons. The molecule has 5 rings (SSSR count). The molecule has 1 aliphatic heterocycles. The Morgan fingerprint density at radius 1 is 1.23 bits per heavy atom. The van der Waals surface area contributed by atoms with Crippen molar-refractivity contribution in [1.82, 2.24) is 19.9 Å². The van der Waals surface area contributed by atoms with Crippen LogP contribution >= 0.6 is 11.3 Å². The van der Waals surface area contributed by atoms with Gasteiger partial charge in [0.05, 0.1) is 21.5 Å². The Labute approximate surface area is 206 Å². The molecular formula is C24H28N8O2S. The lowest BCUT2D eigenvalue weighted by Gasteiger charge is -2.21. The summed E-state index contributed by atoms with van der Waals surface area (Å²) in [5.41, 5.74) is 8.34. The van der Waals surface area contributed by atoms with Crippen LogP contribution in [0.2, 0.25) is 0 Å². The number of carbonyl (C=O) groups excluding carboxylic acids is 2. The van der Waals surface area contributed by atoms with Gasteiger partial charge < -0.3 is 21.3 Å². The standard InChI is InChI=1S/C24H28N8O2S/c1-3-19(34)32-9-14-6-16(7-15(14)10-32)30-23-20(22(26)27-11-28-23)21(25)13-4-5-17-18(8-13)35-24(31-17)29-12(2)33/h4-5,8,11,14-16,25H,3,6-7,9-10H2,1-2H3,(H,29,31,33)(H3,26,27,28,30). The molecule has 0 bridgehead atoms. The van der Waals surface area contributed by atoms with Crippen LogP contribution in [-0.2, 0) is 9.59 Å². The minimum Gasteiger partial charge on any atom is -0.383 e. The molecule has 1 aromatic carbocycles. The predicted molar refractivity (Wildman–Crippen MR) is 137 cm³/mol. The van der Waals surface area contributed by atoms with E-state index in [0.717, 1.165) is 36.1 Å². The number of hydrogen-bond donors (Lipinski definition) is 4. The molecule has 2 aromatic heterocycles. The van der Waals surface area contributed by atoms with E-state index in [1.54, 1.807) is 0 Å². The topological polar surface area (TPSA) is 150 Å². The number of likely N-dealkylation sites (tertiary alicyclic amines) is 1. The van der Waals surface area contributed by atoms with Crippen molar-refractivity contribution in [2.24, 2.45) is 11.8 Å². The van der Waals surface area contributed by atoms with Gasteiger partial charge in [0.2, 0.25) is 11.8 Å². The molecule has 3 aromatic rings. The van der Waals surface area contributed by atoms with Crippen LogP contribution in [0.1, 0.15) is 44.2 Å². The minimum absolute atomic E-state index is 0.178. The Balaban J connectivity index is 1.35. The van der Waals surface area contributed by atoms with Crippen LogP contribution in [0.25, 0.3) is 10.2 Å². The van der Waals surface area contributed by atoms with Crippen LogP contribution in [0.5, 0.6) is 0 Å². The molecule has 0 radical (unpaired) electrons. The highest BCUT2D eigenvalue weighted by Crippen LogP contribution is 2.40. The monoisotopic (exact) mass is 492 g/mol. The summed E-state index contributed by atoms with van der Waals surface area (Å²) in [6.45, 7) is 4.99. The summed E-state index contributed by atoms with van der Waals surface area (Å²) < 4.78 is 0.857. The first-order valence-corrected chi connectivity index (χ1v) is 12.6. The third-order valence-corrected chi connectivity index (χ3v) is 7.77. The summed E-state index contributed by atoms with van der Waals surface area (Å²) >= 11 is 1.35. The lowest BCUT2D eigenvalue weighted by atomic mass is 10.0. The van der Waals surface area contributed by atoms with E-state index in [4.69, 9.17) is 11.1 Å². The molecule has 2 amide bonds. The Hall–Kier alpha value is -3.60. The van der Waals surface area contributed by atoms with Crippen LogP contribution in [0, 0.1) is 17.2 Å². The summed E-state index contributed by atoms with van der Waals surface area (Å²) in [6, 6.07) is 5.72. The van der Waals surface area contributed by atoms with Crippen LogP contribution in [0.4, 0.5) is 16.8 Å². The van der Waals surface area contributed by atoms with Gasteiger partial charge in [0.15, 0.2) is 5.13 Å². The molecule has 3 heterocycles. The van der Waals surface area contributed by atoms with Crippen LogP contribution in [0.15, 0.2) is 24.5 Å². The summed E-state index contributed by atoms with van der Waals surface area (Å²) in [4.78, 5) is 38.4. The Kier molecular flexibility index (Phi) is 6.10. The molecule has 2 fully saturated rings. The summed E-state index contributed by atoms with van der Waals surface area (Å²) in [5.74, 6) is 1.81. The molecule has 10 nitrogen and oxygen atoms in total. The van der Waals surface area contributed by atoms with Gasteiger partial charge in [-0.1, -0.05) is 24.3 Å². The predicted octanol–water partition coefficient (Wildman–Crippen LogP) is 3.10. The molecule has 1 aliphatic carbocycles. The fourth-order valence-corrected chi connectivity index (χ4v) is 6.17. The first-order valence-electron chi connectivity index (χ1n) is 11.7. The quantitative estimate of drug-likeness (QED) is 0.386. The molecule has 1 saturated heterocycles. The Bertz CT molecular complexity index is 1310. The summed E-state index contributed by atoms with van der Waals surface area (Å²) in [5, 5.41) is 15.7. The van der Waals surface area contributed by atoms with Crippen molar-refractivity contribution in [2.75, 3.05) is 29.5 Å².